The number of fused-ring (bicyclic) bond motifs is 1. The number of aromatic nitrogens is 1. The quantitative estimate of drug-likeness (QED) is 0.795. The third kappa shape index (κ3) is 2.22. The van der Waals surface area contributed by atoms with Crippen molar-refractivity contribution in [2.45, 2.75) is 13.8 Å². The summed E-state index contributed by atoms with van der Waals surface area (Å²) >= 11 is 3.23. The Kier molecular flexibility index (Phi) is 3.61. The summed E-state index contributed by atoms with van der Waals surface area (Å²) in [5, 5.41) is 0.604. The van der Waals surface area contributed by atoms with Gasteiger partial charge in [0.05, 0.1) is 12.2 Å². The lowest BCUT2D eigenvalue weighted by molar-refractivity contribution is 0.0525. The number of benzene rings is 1. The highest BCUT2D eigenvalue weighted by molar-refractivity contribution is 9.10. The van der Waals surface area contributed by atoms with Gasteiger partial charge in [-0.25, -0.2) is 9.18 Å². The Hall–Kier alpha value is -1.49. The standard InChI is InChI=1S/C13H11BrFNO2/c1-3-18-13(17)10-6-16-12-9(7(10)2)4-8(14)5-11(12)15/h4-6H,3H2,1-2H3. The Balaban J connectivity index is 2.67. The van der Waals surface area contributed by atoms with E-state index in [9.17, 15) is 9.18 Å². The molecule has 1 aromatic carbocycles. The predicted octanol–water partition coefficient (Wildman–Crippen LogP) is 3.62. The van der Waals surface area contributed by atoms with E-state index in [4.69, 9.17) is 4.74 Å². The SMILES string of the molecule is CCOC(=O)c1cnc2c(F)cc(Br)cc2c1C. The number of hydrogen-bond donors (Lipinski definition) is 0. The maximum atomic E-state index is 13.7. The summed E-state index contributed by atoms with van der Waals surface area (Å²) in [5.41, 5.74) is 1.28. The number of nitrogens with zero attached hydrogens (tertiary/aromatic N) is 1. The van der Waals surface area contributed by atoms with Crippen LogP contribution in [0.15, 0.2) is 22.8 Å². The number of carbonyl (C=O) groups excluding carboxylic acids is 1. The lowest BCUT2D eigenvalue weighted by Gasteiger charge is -2.09. The van der Waals surface area contributed by atoms with E-state index in [1.807, 2.05) is 0 Å². The van der Waals surface area contributed by atoms with Crippen LogP contribution in [0.25, 0.3) is 10.9 Å². The molecule has 2 aromatic rings. The van der Waals surface area contributed by atoms with E-state index in [1.165, 1.54) is 12.3 Å². The number of ether oxygens (including phenoxy) is 1. The van der Waals surface area contributed by atoms with E-state index in [0.29, 0.717) is 27.6 Å². The molecule has 0 aliphatic carbocycles. The molecule has 0 spiro atoms. The van der Waals surface area contributed by atoms with Crippen LogP contribution < -0.4 is 0 Å². The largest absolute Gasteiger partial charge is 0.462 e. The summed E-state index contributed by atoms with van der Waals surface area (Å²) in [4.78, 5) is 15.7. The van der Waals surface area contributed by atoms with Gasteiger partial charge in [-0.15, -0.1) is 0 Å². The van der Waals surface area contributed by atoms with Crippen LogP contribution in [0, 0.1) is 12.7 Å². The number of pyridine rings is 1. The molecule has 18 heavy (non-hydrogen) atoms. The molecule has 0 saturated heterocycles. The van der Waals surface area contributed by atoms with Crippen molar-refractivity contribution in [2.24, 2.45) is 0 Å². The van der Waals surface area contributed by atoms with Crippen molar-refractivity contribution in [3.8, 4) is 0 Å². The topological polar surface area (TPSA) is 39.2 Å². The Morgan fingerprint density at radius 1 is 1.50 bits per heavy atom. The van der Waals surface area contributed by atoms with Crippen LogP contribution in [0.1, 0.15) is 22.8 Å². The highest BCUT2D eigenvalue weighted by Crippen LogP contribution is 2.26. The number of carbonyl (C=O) groups is 1. The van der Waals surface area contributed by atoms with Gasteiger partial charge in [0.15, 0.2) is 5.82 Å². The molecular weight excluding hydrogens is 301 g/mol. The van der Waals surface area contributed by atoms with Crippen molar-refractivity contribution < 1.29 is 13.9 Å². The second-order valence-electron chi connectivity index (χ2n) is 3.80. The number of halogens is 2. The van der Waals surface area contributed by atoms with Crippen molar-refractivity contribution in [3.63, 3.8) is 0 Å². The zero-order valence-electron chi connectivity index (χ0n) is 9.96. The minimum Gasteiger partial charge on any atom is -0.462 e. The smallest absolute Gasteiger partial charge is 0.339 e. The molecule has 0 N–H and O–H groups in total. The van der Waals surface area contributed by atoms with Gasteiger partial charge in [-0.05, 0) is 31.5 Å². The van der Waals surface area contributed by atoms with Gasteiger partial charge in [0.25, 0.3) is 0 Å². The van der Waals surface area contributed by atoms with E-state index in [1.54, 1.807) is 19.9 Å². The molecule has 0 radical (unpaired) electrons. The first-order valence-electron chi connectivity index (χ1n) is 5.46. The van der Waals surface area contributed by atoms with Gasteiger partial charge in [0.1, 0.15) is 5.52 Å². The molecule has 94 valence electrons. The van der Waals surface area contributed by atoms with Crippen LogP contribution in [-0.4, -0.2) is 17.6 Å². The Bertz CT molecular complexity index is 628. The van der Waals surface area contributed by atoms with Crippen molar-refractivity contribution in [1.82, 2.24) is 4.98 Å². The fraction of sp³-hybridized carbons (Fsp3) is 0.231. The van der Waals surface area contributed by atoms with Gasteiger partial charge in [-0.2, -0.15) is 0 Å². The summed E-state index contributed by atoms with van der Waals surface area (Å²) in [5.74, 6) is -0.859. The molecule has 5 heteroatoms. The molecule has 0 bridgehead atoms. The minimum atomic E-state index is -0.440. The second-order valence-corrected chi connectivity index (χ2v) is 4.72. The van der Waals surface area contributed by atoms with Gasteiger partial charge in [0.2, 0.25) is 0 Å². The summed E-state index contributed by atoms with van der Waals surface area (Å²) < 4.78 is 19.2. The molecule has 3 nitrogen and oxygen atoms in total. The molecule has 0 atom stereocenters. The van der Waals surface area contributed by atoms with Crippen molar-refractivity contribution in [1.29, 1.82) is 0 Å². The second kappa shape index (κ2) is 5.02. The summed E-state index contributed by atoms with van der Waals surface area (Å²) in [6.45, 7) is 3.78. The first-order chi connectivity index (χ1) is 8.54. The third-order valence-corrected chi connectivity index (χ3v) is 3.11. The van der Waals surface area contributed by atoms with Gasteiger partial charge >= 0.3 is 5.97 Å². The fourth-order valence-electron chi connectivity index (χ4n) is 1.77. The van der Waals surface area contributed by atoms with E-state index in [0.717, 1.165) is 0 Å². The Labute approximate surface area is 112 Å². The first kappa shape index (κ1) is 13.0. The third-order valence-electron chi connectivity index (χ3n) is 2.65. The van der Waals surface area contributed by atoms with Crippen LogP contribution in [-0.2, 0) is 4.74 Å². The maximum Gasteiger partial charge on any atom is 0.339 e. The van der Waals surface area contributed by atoms with Gasteiger partial charge in [-0.1, -0.05) is 15.9 Å². The fourth-order valence-corrected chi connectivity index (χ4v) is 2.20. The number of esters is 1. The average molecular weight is 312 g/mol. The number of aryl methyl sites for hydroxylation is 1. The lowest BCUT2D eigenvalue weighted by Crippen LogP contribution is -2.08. The average Bonchev–Trinajstić information content (AvgIpc) is 2.30. The minimum absolute atomic E-state index is 0.253. The van der Waals surface area contributed by atoms with E-state index < -0.39 is 11.8 Å². The highest BCUT2D eigenvalue weighted by Gasteiger charge is 2.15. The zero-order chi connectivity index (χ0) is 13.3. The molecule has 0 aliphatic heterocycles. The van der Waals surface area contributed by atoms with Gasteiger partial charge < -0.3 is 4.74 Å². The van der Waals surface area contributed by atoms with Crippen LogP contribution >= 0.6 is 15.9 Å². The number of hydrogen-bond acceptors (Lipinski definition) is 3. The molecular formula is C13H11BrFNO2. The molecule has 1 heterocycles. The molecule has 2 rings (SSSR count). The molecule has 0 fully saturated rings. The predicted molar refractivity (Wildman–Crippen MR) is 70.1 cm³/mol. The van der Waals surface area contributed by atoms with E-state index >= 15 is 0 Å². The Morgan fingerprint density at radius 2 is 2.22 bits per heavy atom. The molecule has 0 unspecified atom stereocenters. The highest BCUT2D eigenvalue weighted by atomic mass is 79.9. The van der Waals surface area contributed by atoms with Crippen molar-refractivity contribution >= 4 is 32.8 Å². The Morgan fingerprint density at radius 3 is 2.89 bits per heavy atom. The van der Waals surface area contributed by atoms with Gasteiger partial charge in [0, 0.05) is 16.1 Å². The van der Waals surface area contributed by atoms with Crippen LogP contribution in [0.5, 0.6) is 0 Å². The van der Waals surface area contributed by atoms with Crippen LogP contribution in [0.4, 0.5) is 4.39 Å². The van der Waals surface area contributed by atoms with Crippen LogP contribution in [0.2, 0.25) is 0 Å². The molecule has 0 saturated carbocycles. The summed E-state index contributed by atoms with van der Waals surface area (Å²) in [6.07, 6.45) is 1.35. The normalized spacial score (nSPS) is 10.7. The monoisotopic (exact) mass is 311 g/mol. The maximum absolute atomic E-state index is 13.7. The molecule has 0 amide bonds. The molecule has 1 aromatic heterocycles. The first-order valence-corrected chi connectivity index (χ1v) is 6.25. The van der Waals surface area contributed by atoms with Crippen molar-refractivity contribution in [2.75, 3.05) is 6.61 Å². The summed E-state index contributed by atoms with van der Waals surface area (Å²) in [7, 11) is 0. The lowest BCUT2D eigenvalue weighted by atomic mass is 10.1. The van der Waals surface area contributed by atoms with E-state index in [2.05, 4.69) is 20.9 Å². The summed E-state index contributed by atoms with van der Waals surface area (Å²) in [6, 6.07) is 3.09. The number of rotatable bonds is 2. The molecule has 0 aliphatic rings. The van der Waals surface area contributed by atoms with Crippen molar-refractivity contribution in [3.05, 3.63) is 39.7 Å². The van der Waals surface area contributed by atoms with Crippen LogP contribution in [0.3, 0.4) is 0 Å². The van der Waals surface area contributed by atoms with E-state index in [-0.39, 0.29) is 5.52 Å². The zero-order valence-corrected chi connectivity index (χ0v) is 11.5. The van der Waals surface area contributed by atoms with Gasteiger partial charge in [-0.3, -0.25) is 4.98 Å².